The number of thioether (sulfide) groups is 1. The maximum Gasteiger partial charge on any atom is 0.306 e. The molecule has 12 heteroatoms. The van der Waals surface area contributed by atoms with Crippen molar-refractivity contribution >= 4 is 57.6 Å². The van der Waals surface area contributed by atoms with E-state index >= 15 is 4.39 Å². The predicted octanol–water partition coefficient (Wildman–Crippen LogP) is 5.50. The highest BCUT2D eigenvalue weighted by Gasteiger charge is 2.31. The Labute approximate surface area is 252 Å². The Morgan fingerprint density at radius 2 is 1.88 bits per heavy atom. The molecule has 3 aromatic rings. The number of carbonyl (C=O) groups excluding carboxylic acids is 2. The number of halogens is 2. The summed E-state index contributed by atoms with van der Waals surface area (Å²) in [6.07, 6.45) is 4.46. The van der Waals surface area contributed by atoms with E-state index in [0.29, 0.717) is 31.1 Å². The van der Waals surface area contributed by atoms with Crippen LogP contribution in [0.1, 0.15) is 54.6 Å². The first-order valence-electron chi connectivity index (χ1n) is 14.2. The summed E-state index contributed by atoms with van der Waals surface area (Å²) >= 11 is 7.79. The summed E-state index contributed by atoms with van der Waals surface area (Å²) in [5.74, 6) is -2.27. The highest BCUT2D eigenvalue weighted by atomic mass is 35.5. The minimum absolute atomic E-state index is 0.0446. The van der Waals surface area contributed by atoms with Gasteiger partial charge in [0.2, 0.25) is 0 Å². The average Bonchev–Trinajstić information content (AvgIpc) is 3.63. The molecule has 2 N–H and O–H groups in total. The molecule has 1 saturated carbocycles. The highest BCUT2D eigenvalue weighted by molar-refractivity contribution is 8.00. The van der Waals surface area contributed by atoms with Crippen LogP contribution in [-0.2, 0) is 27.8 Å². The number of hydrogen-bond acceptors (Lipinski definition) is 7. The molecular formula is C30H34ClFN4O5S. The molecule has 1 aliphatic carbocycles. The summed E-state index contributed by atoms with van der Waals surface area (Å²) in [7, 11) is 1.74. The van der Waals surface area contributed by atoms with Crippen LogP contribution in [0.2, 0.25) is 5.02 Å². The number of aromatic nitrogens is 2. The zero-order chi connectivity index (χ0) is 29.8. The number of rotatable bonds is 11. The molecule has 5 rings (SSSR count). The number of aryl methyl sites for hydroxylation is 1. The number of hydrogen-bond donors (Lipinski definition) is 2. The zero-order valence-electron chi connectivity index (χ0n) is 23.4. The summed E-state index contributed by atoms with van der Waals surface area (Å²) in [6, 6.07) is 9.80. The van der Waals surface area contributed by atoms with Crippen LogP contribution in [-0.4, -0.2) is 68.0 Å². The quantitative estimate of drug-likeness (QED) is 0.272. The van der Waals surface area contributed by atoms with Gasteiger partial charge in [0.05, 0.1) is 34.0 Å². The molecule has 2 aliphatic rings. The van der Waals surface area contributed by atoms with Gasteiger partial charge in [-0.05, 0) is 62.3 Å². The monoisotopic (exact) mass is 616 g/mol. The van der Waals surface area contributed by atoms with Crippen LogP contribution in [0.5, 0.6) is 0 Å². The number of ketones is 1. The van der Waals surface area contributed by atoms with E-state index in [1.165, 1.54) is 17.8 Å². The normalized spacial score (nSPS) is 20.1. The first kappa shape index (κ1) is 30.5. The number of para-hydroxylation sites is 1. The molecule has 224 valence electrons. The minimum atomic E-state index is -0.755. The van der Waals surface area contributed by atoms with Crippen molar-refractivity contribution in [2.45, 2.75) is 56.6 Å². The third-order valence-corrected chi connectivity index (χ3v) is 9.40. The minimum Gasteiger partial charge on any atom is -0.481 e. The number of amides is 1. The number of nitrogens with zero attached hydrogens (tertiary/aromatic N) is 3. The Hall–Kier alpha value is -2.99. The van der Waals surface area contributed by atoms with Gasteiger partial charge in [-0.1, -0.05) is 29.8 Å². The second kappa shape index (κ2) is 13.5. The lowest BCUT2D eigenvalue weighted by Gasteiger charge is -2.33. The van der Waals surface area contributed by atoms with Crippen LogP contribution < -0.4 is 5.32 Å². The van der Waals surface area contributed by atoms with Crippen LogP contribution in [0.15, 0.2) is 36.4 Å². The van der Waals surface area contributed by atoms with Crippen molar-refractivity contribution < 1.29 is 28.6 Å². The summed E-state index contributed by atoms with van der Waals surface area (Å²) in [4.78, 5) is 39.4. The van der Waals surface area contributed by atoms with Crippen molar-refractivity contribution in [3.8, 4) is 0 Å². The van der Waals surface area contributed by atoms with Gasteiger partial charge >= 0.3 is 5.97 Å². The number of carboxylic acid groups (broad SMARTS) is 1. The number of fused-ring (bicyclic) bond motifs is 1. The van der Waals surface area contributed by atoms with Gasteiger partial charge in [0.25, 0.3) is 5.91 Å². The number of nitrogens with one attached hydrogen (secondary N) is 1. The molecule has 2 aromatic carbocycles. The molecule has 2 heterocycles. The third-order valence-electron chi connectivity index (χ3n) is 7.90. The molecule has 1 amide bonds. The fraction of sp³-hybridized carbons (Fsp3) is 0.467. The van der Waals surface area contributed by atoms with Crippen molar-refractivity contribution in [1.82, 2.24) is 14.7 Å². The van der Waals surface area contributed by atoms with Gasteiger partial charge in [-0.25, -0.2) is 4.39 Å². The fourth-order valence-corrected chi connectivity index (χ4v) is 6.93. The van der Waals surface area contributed by atoms with E-state index in [1.807, 2.05) is 18.2 Å². The summed E-state index contributed by atoms with van der Waals surface area (Å²) < 4.78 is 23.0. The van der Waals surface area contributed by atoms with Gasteiger partial charge in [-0.15, -0.1) is 11.8 Å². The number of ether oxygens (including phenoxy) is 1. The highest BCUT2D eigenvalue weighted by Crippen LogP contribution is 2.32. The smallest absolute Gasteiger partial charge is 0.306 e. The molecular weight excluding hydrogens is 583 g/mol. The molecule has 1 aromatic heterocycles. The van der Waals surface area contributed by atoms with E-state index in [9.17, 15) is 19.5 Å². The van der Waals surface area contributed by atoms with Gasteiger partial charge in [-0.3, -0.25) is 24.0 Å². The molecule has 42 heavy (non-hydrogen) atoms. The Morgan fingerprint density at radius 3 is 2.60 bits per heavy atom. The van der Waals surface area contributed by atoms with Gasteiger partial charge < -0.3 is 15.2 Å². The summed E-state index contributed by atoms with van der Waals surface area (Å²) in [6.45, 7) is 1.75. The molecule has 0 spiro atoms. The van der Waals surface area contributed by atoms with Crippen molar-refractivity contribution in [3.63, 3.8) is 0 Å². The summed E-state index contributed by atoms with van der Waals surface area (Å²) in [5, 5.41) is 17.0. The van der Waals surface area contributed by atoms with Gasteiger partial charge in [-0.2, -0.15) is 5.10 Å². The first-order valence-corrected chi connectivity index (χ1v) is 15.6. The third kappa shape index (κ3) is 7.14. The standard InChI is InChI=1S/C30H34ClFN4O5S/c1-35-26-7-3-2-6-22(26)27(34-35)28(38)33-25-16-24(32)19(15-23(25)31)14-20(37)17-42-30(36-12-4-5-13-36)41-21-10-8-18(9-11-21)29(39)40/h2-3,6-7,15-16,18,21,30H,4-5,8-14,17H2,1H3,(H,33,38)(H,39,40). The first-order chi connectivity index (χ1) is 20.2. The lowest BCUT2D eigenvalue weighted by molar-refractivity contribution is -0.144. The van der Waals surface area contributed by atoms with E-state index in [4.69, 9.17) is 16.3 Å². The maximum atomic E-state index is 15.1. The molecule has 0 bridgehead atoms. The number of Topliss-reactive ketones (excluding diaryl/α,β-unsaturated/α-hetero) is 1. The molecule has 1 saturated heterocycles. The number of benzene rings is 2. The van der Waals surface area contributed by atoms with E-state index in [2.05, 4.69) is 15.3 Å². The summed E-state index contributed by atoms with van der Waals surface area (Å²) in [5.41, 5.74) is 0.925. The Balaban J connectivity index is 1.19. The van der Waals surface area contributed by atoms with Crippen molar-refractivity contribution in [1.29, 1.82) is 0 Å². The number of aliphatic carboxylic acids is 1. The van der Waals surface area contributed by atoms with Gasteiger partial charge in [0, 0.05) is 31.9 Å². The van der Waals surface area contributed by atoms with Crippen molar-refractivity contribution in [2.75, 3.05) is 24.2 Å². The molecule has 1 atom stereocenters. The van der Waals surface area contributed by atoms with Crippen molar-refractivity contribution in [2.24, 2.45) is 13.0 Å². The molecule has 0 radical (unpaired) electrons. The fourth-order valence-electron chi connectivity index (χ4n) is 5.60. The van der Waals surface area contributed by atoms with E-state index < -0.39 is 17.7 Å². The van der Waals surface area contributed by atoms with Crippen LogP contribution in [0.4, 0.5) is 10.1 Å². The topological polar surface area (TPSA) is 114 Å². The second-order valence-electron chi connectivity index (χ2n) is 10.9. The lowest BCUT2D eigenvalue weighted by atomic mass is 9.87. The van der Waals surface area contributed by atoms with Crippen LogP contribution >= 0.6 is 23.4 Å². The Morgan fingerprint density at radius 1 is 1.17 bits per heavy atom. The second-order valence-corrected chi connectivity index (χ2v) is 12.3. The van der Waals surface area contributed by atoms with E-state index in [-0.39, 0.29) is 57.5 Å². The maximum absolute atomic E-state index is 15.1. The van der Waals surface area contributed by atoms with Gasteiger partial charge in [0.15, 0.2) is 11.3 Å². The van der Waals surface area contributed by atoms with Crippen LogP contribution in [0.3, 0.4) is 0 Å². The predicted molar refractivity (Wildman–Crippen MR) is 160 cm³/mol. The number of carbonyl (C=O) groups is 3. The lowest BCUT2D eigenvalue weighted by Crippen LogP contribution is -2.38. The molecule has 9 nitrogen and oxygen atoms in total. The number of likely N-dealkylation sites (tertiary alicyclic amines) is 1. The average molecular weight is 617 g/mol. The van der Waals surface area contributed by atoms with Gasteiger partial charge in [0.1, 0.15) is 11.6 Å². The number of anilines is 1. The van der Waals surface area contributed by atoms with E-state index in [1.54, 1.807) is 17.8 Å². The number of carboxylic acids is 1. The Bertz CT molecular complexity index is 1470. The largest absolute Gasteiger partial charge is 0.481 e. The zero-order valence-corrected chi connectivity index (χ0v) is 24.9. The van der Waals surface area contributed by atoms with Crippen molar-refractivity contribution in [3.05, 3.63) is 58.5 Å². The molecule has 2 fully saturated rings. The van der Waals surface area contributed by atoms with Crippen LogP contribution in [0, 0.1) is 11.7 Å². The Kier molecular flexibility index (Phi) is 9.82. The van der Waals surface area contributed by atoms with E-state index in [0.717, 1.165) is 37.5 Å². The molecule has 1 aliphatic heterocycles. The SMILES string of the molecule is Cn1nc(C(=O)Nc2cc(F)c(CC(=O)CSC(OC3CCC(C(=O)O)CC3)N3CCCC3)cc2Cl)c2ccccc21. The molecule has 1 unspecified atom stereocenters. The van der Waals surface area contributed by atoms with Crippen LogP contribution in [0.25, 0.3) is 10.9 Å².